The Labute approximate surface area is 110 Å². The van der Waals surface area contributed by atoms with E-state index >= 15 is 0 Å². The molecule has 0 atom stereocenters. The molecular formula is C13H18F3NO2. The number of halogens is 3. The lowest BCUT2D eigenvalue weighted by Gasteiger charge is -2.23. The van der Waals surface area contributed by atoms with Crippen molar-refractivity contribution in [3.05, 3.63) is 23.8 Å². The molecule has 19 heavy (non-hydrogen) atoms. The Balaban J connectivity index is 2.78. The third-order valence-corrected chi connectivity index (χ3v) is 2.63. The Bertz CT molecular complexity index is 407. The van der Waals surface area contributed by atoms with Crippen LogP contribution in [0.2, 0.25) is 0 Å². The van der Waals surface area contributed by atoms with Crippen molar-refractivity contribution in [2.75, 3.05) is 20.2 Å². The fraction of sp³-hybridized carbons (Fsp3) is 0.538. The molecule has 0 saturated heterocycles. The van der Waals surface area contributed by atoms with Crippen LogP contribution in [0, 0.1) is 0 Å². The minimum Gasteiger partial charge on any atom is -0.507 e. The smallest absolute Gasteiger partial charge is 0.401 e. The normalized spacial score (nSPS) is 11.9. The minimum absolute atomic E-state index is 0.0531. The fourth-order valence-electron chi connectivity index (χ4n) is 1.83. The van der Waals surface area contributed by atoms with Gasteiger partial charge in [0.05, 0.1) is 13.7 Å². The highest BCUT2D eigenvalue weighted by molar-refractivity contribution is 5.39. The third-order valence-electron chi connectivity index (χ3n) is 2.63. The van der Waals surface area contributed by atoms with Gasteiger partial charge in [-0.25, -0.2) is 0 Å². The van der Waals surface area contributed by atoms with E-state index in [1.165, 1.54) is 18.1 Å². The number of hydrogen-bond acceptors (Lipinski definition) is 3. The topological polar surface area (TPSA) is 32.7 Å². The number of aromatic hydroxyl groups is 1. The lowest BCUT2D eigenvalue weighted by atomic mass is 10.1. The number of ether oxygens (including phenoxy) is 1. The van der Waals surface area contributed by atoms with Crippen LogP contribution >= 0.6 is 0 Å². The number of hydrogen-bond donors (Lipinski definition) is 1. The van der Waals surface area contributed by atoms with Crippen LogP contribution < -0.4 is 4.74 Å². The van der Waals surface area contributed by atoms with Crippen molar-refractivity contribution in [2.24, 2.45) is 0 Å². The standard InChI is InChI=1S/C13H18F3NO2/c1-3-6-17(9-13(14,15)16)8-10-4-5-11(19-2)7-12(10)18/h4-5,7,18H,3,6,8-9H2,1-2H3. The molecule has 0 amide bonds. The summed E-state index contributed by atoms with van der Waals surface area (Å²) < 4.78 is 42.2. The fourth-order valence-corrected chi connectivity index (χ4v) is 1.83. The molecular weight excluding hydrogens is 259 g/mol. The number of nitrogens with zero attached hydrogens (tertiary/aromatic N) is 1. The summed E-state index contributed by atoms with van der Waals surface area (Å²) in [5.41, 5.74) is 0.457. The van der Waals surface area contributed by atoms with Gasteiger partial charge in [-0.05, 0) is 19.0 Å². The first-order valence-corrected chi connectivity index (χ1v) is 6.00. The van der Waals surface area contributed by atoms with Gasteiger partial charge in [0.25, 0.3) is 0 Å². The molecule has 0 aliphatic heterocycles. The van der Waals surface area contributed by atoms with Gasteiger partial charge in [0, 0.05) is 18.2 Å². The van der Waals surface area contributed by atoms with Crippen molar-refractivity contribution < 1.29 is 23.0 Å². The highest BCUT2D eigenvalue weighted by Gasteiger charge is 2.30. The van der Waals surface area contributed by atoms with E-state index < -0.39 is 12.7 Å². The summed E-state index contributed by atoms with van der Waals surface area (Å²) in [5, 5.41) is 9.75. The van der Waals surface area contributed by atoms with Crippen molar-refractivity contribution in [3.8, 4) is 11.5 Å². The van der Waals surface area contributed by atoms with Gasteiger partial charge in [-0.15, -0.1) is 0 Å². The Hall–Kier alpha value is -1.43. The van der Waals surface area contributed by atoms with Gasteiger partial charge in [0.15, 0.2) is 0 Å². The maximum Gasteiger partial charge on any atom is 0.401 e. The van der Waals surface area contributed by atoms with Crippen molar-refractivity contribution >= 4 is 0 Å². The van der Waals surface area contributed by atoms with Crippen LogP contribution in [-0.2, 0) is 6.54 Å². The molecule has 0 unspecified atom stereocenters. The van der Waals surface area contributed by atoms with Crippen molar-refractivity contribution in [2.45, 2.75) is 26.1 Å². The predicted octanol–water partition coefficient (Wildman–Crippen LogP) is 3.18. The summed E-state index contributed by atoms with van der Waals surface area (Å²) in [6.45, 7) is 1.22. The first-order valence-electron chi connectivity index (χ1n) is 6.00. The second-order valence-electron chi connectivity index (χ2n) is 4.32. The first-order chi connectivity index (χ1) is 8.85. The molecule has 0 spiro atoms. The van der Waals surface area contributed by atoms with Crippen LogP contribution in [0.3, 0.4) is 0 Å². The number of phenols is 1. The van der Waals surface area contributed by atoms with E-state index in [2.05, 4.69) is 0 Å². The van der Waals surface area contributed by atoms with Crippen molar-refractivity contribution in [1.29, 1.82) is 0 Å². The van der Waals surface area contributed by atoms with Gasteiger partial charge in [0.1, 0.15) is 11.5 Å². The van der Waals surface area contributed by atoms with Gasteiger partial charge in [0.2, 0.25) is 0 Å². The molecule has 0 fully saturated rings. The molecule has 6 heteroatoms. The summed E-state index contributed by atoms with van der Waals surface area (Å²) >= 11 is 0. The zero-order chi connectivity index (χ0) is 14.5. The molecule has 1 N–H and O–H groups in total. The Morgan fingerprint density at radius 3 is 2.47 bits per heavy atom. The summed E-state index contributed by atoms with van der Waals surface area (Å²) in [4.78, 5) is 1.27. The molecule has 1 aromatic rings. The van der Waals surface area contributed by atoms with Crippen LogP contribution in [-0.4, -0.2) is 36.4 Å². The molecule has 0 saturated carbocycles. The van der Waals surface area contributed by atoms with Gasteiger partial charge >= 0.3 is 6.18 Å². The maximum atomic E-state index is 12.4. The molecule has 0 bridgehead atoms. The van der Waals surface area contributed by atoms with E-state index in [-0.39, 0.29) is 12.3 Å². The summed E-state index contributed by atoms with van der Waals surface area (Å²) in [7, 11) is 1.46. The van der Waals surface area contributed by atoms with Crippen molar-refractivity contribution in [1.82, 2.24) is 4.90 Å². The molecule has 0 aromatic heterocycles. The average molecular weight is 277 g/mol. The van der Waals surface area contributed by atoms with E-state index in [4.69, 9.17) is 4.74 Å². The van der Waals surface area contributed by atoms with Crippen LogP contribution in [0.1, 0.15) is 18.9 Å². The Morgan fingerprint density at radius 1 is 1.32 bits per heavy atom. The van der Waals surface area contributed by atoms with Gasteiger partial charge in [-0.3, -0.25) is 4.90 Å². The Kier molecular flexibility index (Phi) is 5.47. The number of alkyl halides is 3. The molecule has 0 heterocycles. The van der Waals surface area contributed by atoms with Gasteiger partial charge in [-0.2, -0.15) is 13.2 Å². The monoisotopic (exact) mass is 277 g/mol. The number of methoxy groups -OCH3 is 1. The lowest BCUT2D eigenvalue weighted by molar-refractivity contribution is -0.147. The molecule has 1 rings (SSSR count). The zero-order valence-electron chi connectivity index (χ0n) is 11.0. The number of phenolic OH excluding ortho intramolecular Hbond substituents is 1. The number of rotatable bonds is 6. The molecule has 108 valence electrons. The van der Waals surface area contributed by atoms with Crippen LogP contribution in [0.5, 0.6) is 11.5 Å². The second-order valence-corrected chi connectivity index (χ2v) is 4.32. The number of benzene rings is 1. The summed E-state index contributed by atoms with van der Waals surface area (Å²) in [5.74, 6) is 0.418. The van der Waals surface area contributed by atoms with E-state index in [0.29, 0.717) is 24.3 Å². The van der Waals surface area contributed by atoms with E-state index in [1.807, 2.05) is 6.92 Å². The molecule has 0 aliphatic rings. The molecule has 0 radical (unpaired) electrons. The summed E-state index contributed by atoms with van der Waals surface area (Å²) in [6, 6.07) is 4.59. The van der Waals surface area contributed by atoms with Crippen LogP contribution in [0.4, 0.5) is 13.2 Å². The average Bonchev–Trinajstić information content (AvgIpc) is 2.30. The van der Waals surface area contributed by atoms with Gasteiger partial charge in [-0.1, -0.05) is 13.0 Å². The third kappa shape index (κ3) is 5.38. The summed E-state index contributed by atoms with van der Waals surface area (Å²) in [6.07, 6.45) is -3.62. The predicted molar refractivity (Wildman–Crippen MR) is 66.3 cm³/mol. The largest absolute Gasteiger partial charge is 0.507 e. The minimum atomic E-state index is -4.24. The van der Waals surface area contributed by atoms with Crippen molar-refractivity contribution in [3.63, 3.8) is 0 Å². The van der Waals surface area contributed by atoms with E-state index in [9.17, 15) is 18.3 Å². The zero-order valence-corrected chi connectivity index (χ0v) is 11.0. The van der Waals surface area contributed by atoms with Crippen LogP contribution in [0.25, 0.3) is 0 Å². The SMILES string of the molecule is CCCN(Cc1ccc(OC)cc1O)CC(F)(F)F. The maximum absolute atomic E-state index is 12.4. The molecule has 0 aliphatic carbocycles. The quantitative estimate of drug-likeness (QED) is 0.867. The first kappa shape index (κ1) is 15.6. The lowest BCUT2D eigenvalue weighted by Crippen LogP contribution is -2.34. The van der Waals surface area contributed by atoms with E-state index in [1.54, 1.807) is 12.1 Å². The van der Waals surface area contributed by atoms with E-state index in [0.717, 1.165) is 0 Å². The highest BCUT2D eigenvalue weighted by Crippen LogP contribution is 2.26. The van der Waals surface area contributed by atoms with Crippen LogP contribution in [0.15, 0.2) is 18.2 Å². The highest BCUT2D eigenvalue weighted by atomic mass is 19.4. The molecule has 1 aromatic carbocycles. The molecule has 3 nitrogen and oxygen atoms in total. The Morgan fingerprint density at radius 2 is 2.00 bits per heavy atom. The van der Waals surface area contributed by atoms with Gasteiger partial charge < -0.3 is 9.84 Å². The second kappa shape index (κ2) is 6.65.